The van der Waals surface area contributed by atoms with E-state index in [2.05, 4.69) is 44.5 Å². The molecule has 0 radical (unpaired) electrons. The van der Waals surface area contributed by atoms with Gasteiger partial charge in [0.05, 0.1) is 16.8 Å². The van der Waals surface area contributed by atoms with Gasteiger partial charge in [-0.1, -0.05) is 66.7 Å². The van der Waals surface area contributed by atoms with Crippen molar-refractivity contribution in [1.29, 1.82) is 0 Å². The van der Waals surface area contributed by atoms with Crippen LogP contribution in [0, 0.1) is 19.7 Å². The molecule has 43 heavy (non-hydrogen) atoms. The van der Waals surface area contributed by atoms with E-state index in [4.69, 9.17) is 4.98 Å². The van der Waals surface area contributed by atoms with Crippen molar-refractivity contribution in [2.75, 3.05) is 11.9 Å². The first kappa shape index (κ1) is 27.9. The summed E-state index contributed by atoms with van der Waals surface area (Å²) in [7, 11) is 3.52. The number of nitrogens with zero attached hydrogens (tertiary/aromatic N) is 4. The van der Waals surface area contributed by atoms with Crippen LogP contribution in [0.4, 0.5) is 10.2 Å². The molecule has 0 saturated carbocycles. The SMILES string of the molecule is CNC(=O)c1cnc(N(Cc2ccccc2)Cc2ccccc2)c2[nH]c(-c3ccc(-c4nc(C)c(C)n4C)cc3F)cc12. The molecule has 6 aromatic rings. The number of aryl methyl sites for hydroxylation is 1. The Hall–Kier alpha value is -5.24. The number of amides is 1. The molecule has 1 amide bonds. The van der Waals surface area contributed by atoms with Crippen LogP contribution < -0.4 is 10.2 Å². The lowest BCUT2D eigenvalue weighted by Gasteiger charge is -2.25. The van der Waals surface area contributed by atoms with Gasteiger partial charge in [-0.2, -0.15) is 0 Å². The molecule has 2 N–H and O–H groups in total. The van der Waals surface area contributed by atoms with E-state index < -0.39 is 0 Å². The first-order valence-corrected chi connectivity index (χ1v) is 14.2. The van der Waals surface area contributed by atoms with Crippen LogP contribution in [-0.2, 0) is 20.1 Å². The van der Waals surface area contributed by atoms with Gasteiger partial charge in [-0.15, -0.1) is 0 Å². The molecule has 0 aliphatic rings. The number of rotatable bonds is 8. The molecular weight excluding hydrogens is 539 g/mol. The fraction of sp³-hybridized carbons (Fsp3) is 0.171. The number of pyridine rings is 1. The maximum Gasteiger partial charge on any atom is 0.253 e. The third kappa shape index (κ3) is 5.39. The predicted molar refractivity (Wildman–Crippen MR) is 169 cm³/mol. The van der Waals surface area contributed by atoms with Crippen LogP contribution in [-0.4, -0.2) is 32.5 Å². The summed E-state index contributed by atoms with van der Waals surface area (Å²) in [5.74, 6) is 0.743. The van der Waals surface area contributed by atoms with E-state index in [1.807, 2.05) is 74.0 Å². The minimum absolute atomic E-state index is 0.261. The number of hydrogen-bond donors (Lipinski definition) is 2. The number of H-pyrrole nitrogens is 1. The van der Waals surface area contributed by atoms with Gasteiger partial charge in [0, 0.05) is 61.3 Å². The number of carbonyl (C=O) groups excluding carboxylic acids is 1. The van der Waals surface area contributed by atoms with Gasteiger partial charge in [0.2, 0.25) is 0 Å². The van der Waals surface area contributed by atoms with Crippen molar-refractivity contribution < 1.29 is 9.18 Å². The van der Waals surface area contributed by atoms with Crippen molar-refractivity contribution in [3.05, 3.63) is 125 Å². The number of hydrogen-bond acceptors (Lipinski definition) is 4. The quantitative estimate of drug-likeness (QED) is 0.207. The first-order chi connectivity index (χ1) is 20.8. The molecule has 7 nitrogen and oxygen atoms in total. The Labute approximate surface area is 250 Å². The van der Waals surface area contributed by atoms with Gasteiger partial charge in [0.15, 0.2) is 5.82 Å². The largest absolute Gasteiger partial charge is 0.355 e. The lowest BCUT2D eigenvalue weighted by molar-refractivity contribution is 0.0964. The summed E-state index contributed by atoms with van der Waals surface area (Å²) in [6.07, 6.45) is 1.60. The fourth-order valence-corrected chi connectivity index (χ4v) is 5.46. The lowest BCUT2D eigenvalue weighted by Crippen LogP contribution is -2.24. The minimum atomic E-state index is -0.385. The molecule has 0 fully saturated rings. The third-order valence-corrected chi connectivity index (χ3v) is 7.99. The number of fused-ring (bicyclic) bond motifs is 1. The average Bonchev–Trinajstić information content (AvgIpc) is 3.58. The van der Waals surface area contributed by atoms with E-state index in [1.165, 1.54) is 6.07 Å². The summed E-state index contributed by atoms with van der Waals surface area (Å²) in [6, 6.07) is 27.3. The Balaban J connectivity index is 1.48. The fourth-order valence-electron chi connectivity index (χ4n) is 5.46. The van der Waals surface area contributed by atoms with Crippen molar-refractivity contribution in [3.63, 3.8) is 0 Å². The highest BCUT2D eigenvalue weighted by atomic mass is 19.1. The molecule has 8 heteroatoms. The van der Waals surface area contributed by atoms with Crippen LogP contribution in [0.3, 0.4) is 0 Å². The van der Waals surface area contributed by atoms with Gasteiger partial charge < -0.3 is 19.8 Å². The van der Waals surface area contributed by atoms with Crippen LogP contribution in [0.25, 0.3) is 33.5 Å². The van der Waals surface area contributed by atoms with E-state index in [0.29, 0.717) is 58.0 Å². The van der Waals surface area contributed by atoms with Crippen LogP contribution in [0.1, 0.15) is 32.9 Å². The highest BCUT2D eigenvalue weighted by Crippen LogP contribution is 2.35. The minimum Gasteiger partial charge on any atom is -0.355 e. The Bertz CT molecular complexity index is 1890. The van der Waals surface area contributed by atoms with Crippen LogP contribution in [0.2, 0.25) is 0 Å². The van der Waals surface area contributed by atoms with Crippen molar-refractivity contribution in [1.82, 2.24) is 24.8 Å². The molecule has 0 bridgehead atoms. The molecule has 0 aliphatic carbocycles. The second-order valence-electron chi connectivity index (χ2n) is 10.7. The zero-order chi connectivity index (χ0) is 30.1. The van der Waals surface area contributed by atoms with Crippen LogP contribution >= 0.6 is 0 Å². The Morgan fingerprint density at radius 1 is 0.953 bits per heavy atom. The second kappa shape index (κ2) is 11.6. The number of aromatic amines is 1. The number of nitrogens with one attached hydrogen (secondary N) is 2. The van der Waals surface area contributed by atoms with Gasteiger partial charge in [-0.3, -0.25) is 4.79 Å². The normalized spacial score (nSPS) is 11.2. The summed E-state index contributed by atoms with van der Waals surface area (Å²) in [4.78, 5) is 27.9. The molecule has 3 aromatic carbocycles. The topological polar surface area (TPSA) is 78.8 Å². The number of benzene rings is 3. The molecule has 216 valence electrons. The standard InChI is InChI=1S/C35H33FN6O/c1-22-23(2)41(4)33(39-22)26-15-16-27(30(36)17-26)31-18-28-29(35(43)37-3)19-38-34(32(28)40-31)42(20-24-11-7-5-8-12-24)21-25-13-9-6-10-14-25/h5-19,40H,20-21H2,1-4H3,(H,37,43). The molecule has 3 aromatic heterocycles. The summed E-state index contributed by atoms with van der Waals surface area (Å²) < 4.78 is 17.8. The highest BCUT2D eigenvalue weighted by Gasteiger charge is 2.22. The molecule has 0 saturated heterocycles. The van der Waals surface area contributed by atoms with E-state index in [0.717, 1.165) is 22.5 Å². The van der Waals surface area contributed by atoms with E-state index in [1.54, 1.807) is 19.3 Å². The van der Waals surface area contributed by atoms with E-state index in [-0.39, 0.29) is 11.7 Å². The summed E-state index contributed by atoms with van der Waals surface area (Å²) in [6.45, 7) is 5.13. The van der Waals surface area contributed by atoms with Gasteiger partial charge in [0.1, 0.15) is 11.6 Å². The van der Waals surface area contributed by atoms with Crippen LogP contribution in [0.15, 0.2) is 91.1 Å². The Morgan fingerprint density at radius 3 is 2.16 bits per heavy atom. The van der Waals surface area contributed by atoms with Crippen molar-refractivity contribution in [2.45, 2.75) is 26.9 Å². The van der Waals surface area contributed by atoms with Gasteiger partial charge in [-0.25, -0.2) is 14.4 Å². The molecule has 0 atom stereocenters. The summed E-state index contributed by atoms with van der Waals surface area (Å²) >= 11 is 0. The number of imidazole rings is 1. The molecule has 0 spiro atoms. The maximum absolute atomic E-state index is 15.8. The summed E-state index contributed by atoms with van der Waals surface area (Å²) in [5, 5.41) is 3.38. The molecule has 3 heterocycles. The van der Waals surface area contributed by atoms with E-state index in [9.17, 15) is 4.79 Å². The number of anilines is 1. The lowest BCUT2D eigenvalue weighted by atomic mass is 10.1. The summed E-state index contributed by atoms with van der Waals surface area (Å²) in [5.41, 5.74) is 6.93. The average molecular weight is 573 g/mol. The Kier molecular flexibility index (Phi) is 7.50. The van der Waals surface area contributed by atoms with Crippen molar-refractivity contribution >= 4 is 22.6 Å². The van der Waals surface area contributed by atoms with Crippen molar-refractivity contribution in [3.8, 4) is 22.6 Å². The molecule has 0 aliphatic heterocycles. The molecule has 6 rings (SSSR count). The highest BCUT2D eigenvalue weighted by molar-refractivity contribution is 6.09. The molecule has 0 unspecified atom stereocenters. The smallest absolute Gasteiger partial charge is 0.253 e. The Morgan fingerprint density at radius 2 is 1.60 bits per heavy atom. The van der Waals surface area contributed by atoms with Gasteiger partial charge in [-0.05, 0) is 43.2 Å². The second-order valence-corrected chi connectivity index (χ2v) is 10.7. The zero-order valence-corrected chi connectivity index (χ0v) is 24.6. The van der Waals surface area contributed by atoms with E-state index >= 15 is 4.39 Å². The predicted octanol–water partition coefficient (Wildman–Crippen LogP) is 6.95. The maximum atomic E-state index is 15.8. The molecular formula is C35H33FN6O. The number of halogens is 1. The monoisotopic (exact) mass is 572 g/mol. The first-order valence-electron chi connectivity index (χ1n) is 14.2. The van der Waals surface area contributed by atoms with Gasteiger partial charge >= 0.3 is 0 Å². The zero-order valence-electron chi connectivity index (χ0n) is 24.6. The number of aromatic nitrogens is 4. The van der Waals surface area contributed by atoms with Gasteiger partial charge in [0.25, 0.3) is 5.91 Å². The van der Waals surface area contributed by atoms with Crippen LogP contribution in [0.5, 0.6) is 0 Å². The third-order valence-electron chi connectivity index (χ3n) is 7.99. The van der Waals surface area contributed by atoms with Crippen molar-refractivity contribution in [2.24, 2.45) is 7.05 Å². The number of carbonyl (C=O) groups is 1.